The predicted molar refractivity (Wildman–Crippen MR) is 125 cm³/mol. The van der Waals surface area contributed by atoms with E-state index in [2.05, 4.69) is 19.9 Å². The zero-order valence-electron chi connectivity index (χ0n) is 17.9. The number of halogens is 1. The summed E-state index contributed by atoms with van der Waals surface area (Å²) in [6.07, 6.45) is 7.54. The Balaban J connectivity index is 1.35. The van der Waals surface area contributed by atoms with Crippen LogP contribution in [-0.4, -0.2) is 73.5 Å². The average Bonchev–Trinajstić information content (AvgIpc) is 3.35. The number of hydrogen-bond donors (Lipinski definition) is 1. The molecule has 0 bridgehead atoms. The van der Waals surface area contributed by atoms with Gasteiger partial charge < -0.3 is 14.8 Å². The molecule has 1 aromatic carbocycles. The van der Waals surface area contributed by atoms with E-state index in [-0.39, 0.29) is 29.6 Å². The number of hydrogen-bond acceptors (Lipinski definition) is 6. The minimum Gasteiger partial charge on any atom is -0.359 e. The number of H-pyrrole nitrogens is 1. The van der Waals surface area contributed by atoms with Crippen LogP contribution in [0, 0.1) is 0 Å². The van der Waals surface area contributed by atoms with Gasteiger partial charge in [-0.2, -0.15) is 0 Å². The van der Waals surface area contributed by atoms with Crippen molar-refractivity contribution in [1.82, 2.24) is 29.7 Å². The number of nitrogens with one attached hydrogen (secondary N) is 1. The third kappa shape index (κ3) is 3.90. The van der Waals surface area contributed by atoms with Crippen molar-refractivity contribution < 1.29 is 14.4 Å². The van der Waals surface area contributed by atoms with Crippen molar-refractivity contribution in [1.29, 1.82) is 0 Å². The van der Waals surface area contributed by atoms with Crippen LogP contribution in [-0.2, 0) is 4.79 Å². The molecule has 0 unspecified atom stereocenters. The SMILES string of the molecule is O=C(C(=O)N1CCN(C(=O)c2ccccc2)CC1)c1c[nH]c2c(-c3cnccn3)ncc(Cl)c12. The maximum atomic E-state index is 13.2. The summed E-state index contributed by atoms with van der Waals surface area (Å²) in [5.74, 6) is -1.40. The van der Waals surface area contributed by atoms with E-state index in [1.165, 1.54) is 23.5 Å². The Kier molecular flexibility index (Phi) is 5.77. The molecule has 1 N–H and O–H groups in total. The number of amides is 2. The van der Waals surface area contributed by atoms with E-state index < -0.39 is 11.7 Å². The van der Waals surface area contributed by atoms with E-state index in [1.807, 2.05) is 18.2 Å². The summed E-state index contributed by atoms with van der Waals surface area (Å²) in [5.41, 5.74) is 2.25. The first-order valence-corrected chi connectivity index (χ1v) is 11.0. The van der Waals surface area contributed by atoms with Crippen molar-refractivity contribution in [3.8, 4) is 11.4 Å². The number of nitrogens with zero attached hydrogens (tertiary/aromatic N) is 5. The highest BCUT2D eigenvalue weighted by atomic mass is 35.5. The monoisotopic (exact) mass is 474 g/mol. The quantitative estimate of drug-likeness (QED) is 0.359. The van der Waals surface area contributed by atoms with E-state index in [4.69, 9.17) is 11.6 Å². The van der Waals surface area contributed by atoms with Gasteiger partial charge in [-0.1, -0.05) is 29.8 Å². The molecule has 0 atom stereocenters. The standard InChI is InChI=1S/C24H19ClN6O3/c25-17-13-29-20(18-14-26-6-7-27-18)21-19(17)16(12-28-21)22(32)24(34)31-10-8-30(9-11-31)23(33)15-4-2-1-3-5-15/h1-7,12-14,28H,8-11H2. The molecule has 1 aliphatic rings. The first-order chi connectivity index (χ1) is 16.5. The molecule has 4 heterocycles. The molecule has 0 saturated carbocycles. The molecule has 170 valence electrons. The van der Waals surface area contributed by atoms with Gasteiger partial charge in [0.1, 0.15) is 11.4 Å². The number of piperazine rings is 1. The molecule has 3 aromatic heterocycles. The number of fused-ring (bicyclic) bond motifs is 1. The fourth-order valence-corrected chi connectivity index (χ4v) is 4.28. The maximum absolute atomic E-state index is 13.2. The molecule has 1 aliphatic heterocycles. The number of rotatable bonds is 4. The van der Waals surface area contributed by atoms with Crippen LogP contribution < -0.4 is 0 Å². The number of carbonyl (C=O) groups excluding carboxylic acids is 3. The van der Waals surface area contributed by atoms with Gasteiger partial charge in [0.05, 0.1) is 22.3 Å². The molecule has 34 heavy (non-hydrogen) atoms. The van der Waals surface area contributed by atoms with Gasteiger partial charge in [0, 0.05) is 61.9 Å². The van der Waals surface area contributed by atoms with Gasteiger partial charge in [-0.05, 0) is 12.1 Å². The van der Waals surface area contributed by atoms with Crippen LogP contribution in [0.1, 0.15) is 20.7 Å². The molecular formula is C24H19ClN6O3. The highest BCUT2D eigenvalue weighted by molar-refractivity contribution is 6.47. The minimum atomic E-state index is -0.674. The summed E-state index contributed by atoms with van der Waals surface area (Å²) in [4.78, 5) is 57.6. The summed E-state index contributed by atoms with van der Waals surface area (Å²) >= 11 is 6.37. The smallest absolute Gasteiger partial charge is 0.295 e. The van der Waals surface area contributed by atoms with Crippen LogP contribution in [0.3, 0.4) is 0 Å². The highest BCUT2D eigenvalue weighted by Gasteiger charge is 2.31. The Morgan fingerprint density at radius 2 is 1.65 bits per heavy atom. The van der Waals surface area contributed by atoms with Crippen LogP contribution in [0.5, 0.6) is 0 Å². The number of pyridine rings is 1. The van der Waals surface area contributed by atoms with Crippen molar-refractivity contribution in [2.45, 2.75) is 0 Å². The topological polar surface area (TPSA) is 112 Å². The lowest BCUT2D eigenvalue weighted by Gasteiger charge is -2.34. The molecule has 9 nitrogen and oxygen atoms in total. The van der Waals surface area contributed by atoms with Crippen LogP contribution >= 0.6 is 11.6 Å². The van der Waals surface area contributed by atoms with E-state index in [0.717, 1.165) is 0 Å². The second-order valence-corrected chi connectivity index (χ2v) is 8.18. The molecule has 1 saturated heterocycles. The van der Waals surface area contributed by atoms with Crippen molar-refractivity contribution in [3.63, 3.8) is 0 Å². The third-order valence-electron chi connectivity index (χ3n) is 5.78. The van der Waals surface area contributed by atoms with Crippen molar-refractivity contribution in [2.24, 2.45) is 0 Å². The predicted octanol–water partition coefficient (Wildman–Crippen LogP) is 2.84. The van der Waals surface area contributed by atoms with Crippen LogP contribution in [0.25, 0.3) is 22.3 Å². The van der Waals surface area contributed by atoms with Crippen LogP contribution in [0.15, 0.2) is 61.3 Å². The molecule has 4 aromatic rings. The fourth-order valence-electron chi connectivity index (χ4n) is 4.04. The molecule has 0 spiro atoms. The van der Waals surface area contributed by atoms with E-state index in [9.17, 15) is 14.4 Å². The van der Waals surface area contributed by atoms with Crippen molar-refractivity contribution in [2.75, 3.05) is 26.2 Å². The number of carbonyl (C=O) groups is 3. The lowest BCUT2D eigenvalue weighted by molar-refractivity contribution is -0.127. The molecular weight excluding hydrogens is 456 g/mol. The van der Waals surface area contributed by atoms with E-state index in [0.29, 0.717) is 40.9 Å². The second-order valence-electron chi connectivity index (χ2n) is 7.78. The zero-order valence-corrected chi connectivity index (χ0v) is 18.7. The van der Waals surface area contributed by atoms with Gasteiger partial charge in [0.15, 0.2) is 0 Å². The van der Waals surface area contributed by atoms with Gasteiger partial charge >= 0.3 is 0 Å². The van der Waals surface area contributed by atoms with Gasteiger partial charge in [0.2, 0.25) is 0 Å². The number of aromatic nitrogens is 4. The van der Waals surface area contributed by atoms with Gasteiger partial charge in [0.25, 0.3) is 17.6 Å². The summed E-state index contributed by atoms with van der Waals surface area (Å²) < 4.78 is 0. The Bertz CT molecular complexity index is 1380. The van der Waals surface area contributed by atoms with E-state index >= 15 is 0 Å². The Hall–Kier alpha value is -4.11. The van der Waals surface area contributed by atoms with Crippen LogP contribution in [0.2, 0.25) is 5.02 Å². The number of ketones is 1. The summed E-state index contributed by atoms with van der Waals surface area (Å²) in [5, 5.41) is 0.659. The summed E-state index contributed by atoms with van der Waals surface area (Å²) in [6, 6.07) is 8.98. The lowest BCUT2D eigenvalue weighted by Crippen LogP contribution is -2.52. The lowest BCUT2D eigenvalue weighted by atomic mass is 10.1. The Morgan fingerprint density at radius 1 is 0.912 bits per heavy atom. The fraction of sp³-hybridized carbons (Fsp3) is 0.167. The van der Waals surface area contributed by atoms with E-state index in [1.54, 1.807) is 29.4 Å². The Labute approximate surface area is 199 Å². The number of aromatic amines is 1. The molecule has 2 amide bonds. The van der Waals surface area contributed by atoms with Crippen LogP contribution in [0.4, 0.5) is 0 Å². The van der Waals surface area contributed by atoms with Gasteiger partial charge in [-0.25, -0.2) is 0 Å². The minimum absolute atomic E-state index is 0.0912. The molecule has 1 fully saturated rings. The normalized spacial score (nSPS) is 13.8. The number of Topliss-reactive ketones (excluding diaryl/α,β-unsaturated/α-hetero) is 1. The molecule has 0 radical (unpaired) electrons. The third-order valence-corrected chi connectivity index (χ3v) is 6.07. The maximum Gasteiger partial charge on any atom is 0.295 e. The first kappa shape index (κ1) is 21.7. The molecule has 10 heteroatoms. The second kappa shape index (κ2) is 9.03. The largest absolute Gasteiger partial charge is 0.359 e. The van der Waals surface area contributed by atoms with Gasteiger partial charge in [-0.3, -0.25) is 29.3 Å². The molecule has 5 rings (SSSR count). The van der Waals surface area contributed by atoms with Crippen molar-refractivity contribution in [3.05, 3.63) is 77.5 Å². The van der Waals surface area contributed by atoms with Gasteiger partial charge in [-0.15, -0.1) is 0 Å². The molecule has 0 aliphatic carbocycles. The summed E-state index contributed by atoms with van der Waals surface area (Å²) in [6.45, 7) is 1.24. The highest BCUT2D eigenvalue weighted by Crippen LogP contribution is 2.32. The first-order valence-electron chi connectivity index (χ1n) is 10.6. The van der Waals surface area contributed by atoms with Crippen molar-refractivity contribution >= 4 is 40.1 Å². The Morgan fingerprint density at radius 3 is 2.35 bits per heavy atom. The number of benzene rings is 1. The zero-order chi connectivity index (χ0) is 23.7. The summed E-state index contributed by atoms with van der Waals surface area (Å²) in [7, 11) is 0. The average molecular weight is 475 g/mol.